The van der Waals surface area contributed by atoms with Crippen molar-refractivity contribution in [3.8, 4) is 0 Å². The second-order valence-electron chi connectivity index (χ2n) is 8.87. The van der Waals surface area contributed by atoms with E-state index in [1.54, 1.807) is 18.4 Å². The summed E-state index contributed by atoms with van der Waals surface area (Å²) in [5.41, 5.74) is 1.28. The molecule has 1 aromatic rings. The molecule has 5 aliphatic carbocycles. The lowest BCUT2D eigenvalue weighted by molar-refractivity contribution is -0.142. The Morgan fingerprint density at radius 3 is 2.52 bits per heavy atom. The summed E-state index contributed by atoms with van der Waals surface area (Å²) < 4.78 is 7.57. The van der Waals surface area contributed by atoms with E-state index in [0.717, 1.165) is 61.2 Å². The number of thiazole rings is 1. The summed E-state index contributed by atoms with van der Waals surface area (Å²) in [5, 5.41) is 0. The molecular formula is C20H28N2O2S. The molecule has 0 radical (unpaired) electrons. The maximum Gasteiger partial charge on any atom is 0.254 e. The number of amides is 1. The third-order valence-electron chi connectivity index (χ3n) is 7.12. The normalized spacial score (nSPS) is 36.2. The molecule has 0 spiro atoms. The van der Waals surface area contributed by atoms with Crippen molar-refractivity contribution in [1.82, 2.24) is 4.57 Å². The van der Waals surface area contributed by atoms with Crippen molar-refractivity contribution < 1.29 is 9.53 Å². The van der Waals surface area contributed by atoms with Crippen LogP contribution in [0.25, 0.3) is 0 Å². The van der Waals surface area contributed by atoms with Gasteiger partial charge in [0.05, 0.1) is 12.0 Å². The van der Waals surface area contributed by atoms with Crippen LogP contribution in [0, 0.1) is 23.2 Å². The maximum atomic E-state index is 13.3. The Kier molecular flexibility index (Phi) is 3.93. The van der Waals surface area contributed by atoms with Crippen molar-refractivity contribution in [1.29, 1.82) is 0 Å². The molecule has 1 amide bonds. The van der Waals surface area contributed by atoms with Gasteiger partial charge in [0.25, 0.3) is 5.91 Å². The molecular weight excluding hydrogens is 332 g/mol. The predicted octanol–water partition coefficient (Wildman–Crippen LogP) is 3.33. The SMILES string of the molecule is COCCn1c2c(sc1=NC(=O)C13CC4CC(CC(C4)C1)C3)CCC2. The van der Waals surface area contributed by atoms with Gasteiger partial charge in [0, 0.05) is 24.2 Å². The second kappa shape index (κ2) is 6.05. The predicted molar refractivity (Wildman–Crippen MR) is 97.4 cm³/mol. The fourth-order valence-corrected chi connectivity index (χ4v) is 7.69. The van der Waals surface area contributed by atoms with Crippen LogP contribution in [0.15, 0.2) is 4.99 Å². The zero-order chi connectivity index (χ0) is 17.0. The highest BCUT2D eigenvalue weighted by molar-refractivity contribution is 7.09. The molecule has 1 heterocycles. The van der Waals surface area contributed by atoms with Gasteiger partial charge in [-0.2, -0.15) is 4.99 Å². The van der Waals surface area contributed by atoms with Gasteiger partial charge in [0.15, 0.2) is 4.80 Å². The lowest BCUT2D eigenvalue weighted by Gasteiger charge is -2.55. The third-order valence-corrected chi connectivity index (χ3v) is 8.30. The molecule has 0 aliphatic heterocycles. The zero-order valence-corrected chi connectivity index (χ0v) is 15.9. The number of carbonyl (C=O) groups is 1. The summed E-state index contributed by atoms with van der Waals surface area (Å²) in [4.78, 5) is 20.4. The quantitative estimate of drug-likeness (QED) is 0.827. The average Bonchev–Trinajstić information content (AvgIpc) is 3.13. The molecule has 0 saturated heterocycles. The van der Waals surface area contributed by atoms with Gasteiger partial charge >= 0.3 is 0 Å². The Morgan fingerprint density at radius 1 is 1.20 bits per heavy atom. The highest BCUT2D eigenvalue weighted by Gasteiger charge is 2.54. The minimum absolute atomic E-state index is 0.123. The maximum absolute atomic E-state index is 13.3. The van der Waals surface area contributed by atoms with Crippen molar-refractivity contribution >= 4 is 17.2 Å². The number of carbonyl (C=O) groups excluding carboxylic acids is 1. The van der Waals surface area contributed by atoms with Crippen LogP contribution in [0.2, 0.25) is 0 Å². The van der Waals surface area contributed by atoms with E-state index in [9.17, 15) is 4.79 Å². The van der Waals surface area contributed by atoms with E-state index in [4.69, 9.17) is 9.73 Å². The number of hydrogen-bond acceptors (Lipinski definition) is 3. The number of aryl methyl sites for hydroxylation is 1. The van der Waals surface area contributed by atoms with E-state index in [1.807, 2.05) is 0 Å². The molecule has 0 unspecified atom stereocenters. The lowest BCUT2D eigenvalue weighted by atomic mass is 9.49. The van der Waals surface area contributed by atoms with Gasteiger partial charge in [0.1, 0.15) is 0 Å². The summed E-state index contributed by atoms with van der Waals surface area (Å²) in [6.45, 7) is 1.50. The summed E-state index contributed by atoms with van der Waals surface area (Å²) in [7, 11) is 1.74. The Hall–Kier alpha value is -0.940. The number of methoxy groups -OCH3 is 1. The summed E-state index contributed by atoms with van der Waals surface area (Å²) >= 11 is 1.75. The number of fused-ring (bicyclic) bond motifs is 1. The first-order chi connectivity index (χ1) is 12.2. The van der Waals surface area contributed by atoms with Crippen LogP contribution in [-0.2, 0) is 28.9 Å². The number of hydrogen-bond donors (Lipinski definition) is 0. The number of aromatic nitrogens is 1. The van der Waals surface area contributed by atoms with Gasteiger partial charge in [-0.05, 0) is 75.5 Å². The van der Waals surface area contributed by atoms with E-state index in [1.165, 1.54) is 36.3 Å². The molecule has 4 bridgehead atoms. The van der Waals surface area contributed by atoms with Crippen molar-refractivity contribution in [3.63, 3.8) is 0 Å². The van der Waals surface area contributed by atoms with Crippen LogP contribution in [-0.4, -0.2) is 24.2 Å². The molecule has 4 saturated carbocycles. The number of ether oxygens (including phenoxy) is 1. The summed E-state index contributed by atoms with van der Waals surface area (Å²) in [6, 6.07) is 0. The van der Waals surface area contributed by atoms with Gasteiger partial charge in [-0.15, -0.1) is 11.3 Å². The number of rotatable bonds is 4. The van der Waals surface area contributed by atoms with Gasteiger partial charge < -0.3 is 9.30 Å². The molecule has 5 heteroatoms. The molecule has 1 aromatic heterocycles. The van der Waals surface area contributed by atoms with Crippen molar-refractivity contribution in [3.05, 3.63) is 15.4 Å². The minimum Gasteiger partial charge on any atom is -0.383 e. The monoisotopic (exact) mass is 360 g/mol. The van der Waals surface area contributed by atoms with Gasteiger partial charge in [-0.25, -0.2) is 0 Å². The summed E-state index contributed by atoms with van der Waals surface area (Å²) in [6.07, 6.45) is 10.9. The van der Waals surface area contributed by atoms with Crippen LogP contribution in [0.3, 0.4) is 0 Å². The standard InChI is InChI=1S/C20H28N2O2S/c1-24-6-5-22-16-3-2-4-17(16)25-19(22)21-18(23)20-10-13-7-14(11-20)9-15(8-13)12-20/h13-15H,2-12H2,1H3. The van der Waals surface area contributed by atoms with E-state index in [0.29, 0.717) is 6.61 Å². The van der Waals surface area contributed by atoms with E-state index >= 15 is 0 Å². The van der Waals surface area contributed by atoms with Gasteiger partial charge in [-0.3, -0.25) is 4.79 Å². The first-order valence-electron chi connectivity index (χ1n) is 9.96. The second-order valence-corrected chi connectivity index (χ2v) is 9.93. The third kappa shape index (κ3) is 2.66. The highest BCUT2D eigenvalue weighted by Crippen LogP contribution is 2.60. The molecule has 4 nitrogen and oxygen atoms in total. The first kappa shape index (κ1) is 16.2. The molecule has 0 aromatic carbocycles. The number of nitrogens with zero attached hydrogens (tertiary/aromatic N) is 2. The van der Waals surface area contributed by atoms with Gasteiger partial charge in [0.2, 0.25) is 0 Å². The fourth-order valence-electron chi connectivity index (χ4n) is 6.45. The van der Waals surface area contributed by atoms with Crippen LogP contribution in [0.4, 0.5) is 0 Å². The van der Waals surface area contributed by atoms with Crippen LogP contribution in [0.1, 0.15) is 55.5 Å². The van der Waals surface area contributed by atoms with Crippen LogP contribution >= 0.6 is 11.3 Å². The molecule has 25 heavy (non-hydrogen) atoms. The average molecular weight is 361 g/mol. The fraction of sp³-hybridized carbons (Fsp3) is 0.800. The minimum atomic E-state index is -0.123. The molecule has 0 N–H and O–H groups in total. The van der Waals surface area contributed by atoms with Gasteiger partial charge in [-0.1, -0.05) is 0 Å². The Morgan fingerprint density at radius 2 is 1.88 bits per heavy atom. The van der Waals surface area contributed by atoms with Crippen molar-refractivity contribution in [2.45, 2.75) is 64.3 Å². The topological polar surface area (TPSA) is 43.6 Å². The highest BCUT2D eigenvalue weighted by atomic mass is 32.1. The zero-order valence-electron chi connectivity index (χ0n) is 15.1. The van der Waals surface area contributed by atoms with E-state index < -0.39 is 0 Å². The Labute approximate surface area is 153 Å². The first-order valence-corrected chi connectivity index (χ1v) is 10.8. The molecule has 5 aliphatic rings. The smallest absolute Gasteiger partial charge is 0.254 e. The molecule has 0 atom stereocenters. The Bertz CT molecular complexity index is 725. The molecule has 4 fully saturated rings. The van der Waals surface area contributed by atoms with Crippen molar-refractivity contribution in [2.24, 2.45) is 28.2 Å². The molecule has 136 valence electrons. The Balaban J connectivity index is 1.49. The van der Waals surface area contributed by atoms with E-state index in [2.05, 4.69) is 4.57 Å². The van der Waals surface area contributed by atoms with Crippen LogP contribution in [0.5, 0.6) is 0 Å². The largest absolute Gasteiger partial charge is 0.383 e. The lowest BCUT2D eigenvalue weighted by Crippen LogP contribution is -2.50. The van der Waals surface area contributed by atoms with Crippen molar-refractivity contribution in [2.75, 3.05) is 13.7 Å². The molecule has 6 rings (SSSR count). The van der Waals surface area contributed by atoms with Crippen LogP contribution < -0.4 is 4.80 Å². The summed E-state index contributed by atoms with van der Waals surface area (Å²) in [5.74, 6) is 2.57. The van der Waals surface area contributed by atoms with E-state index in [-0.39, 0.29) is 11.3 Å².